The molecule has 4 N–H and O–H groups in total. The molecule has 1 rings (SSSR count). The third-order valence-corrected chi connectivity index (χ3v) is 2.23. The molecule has 0 aliphatic carbocycles. The Bertz CT molecular complexity index is 391. The number of aromatic nitrogens is 2. The van der Waals surface area contributed by atoms with Crippen molar-refractivity contribution >= 4 is 17.5 Å². The summed E-state index contributed by atoms with van der Waals surface area (Å²) in [4.78, 5) is 20.6. The highest BCUT2D eigenvalue weighted by Gasteiger charge is 2.16. The number of anilines is 2. The second kappa shape index (κ2) is 4.78. The first kappa shape index (κ1) is 12.2. The van der Waals surface area contributed by atoms with Gasteiger partial charge in [-0.1, -0.05) is 13.8 Å². The van der Waals surface area contributed by atoms with Gasteiger partial charge in [0, 0.05) is 12.6 Å². The summed E-state index contributed by atoms with van der Waals surface area (Å²) in [6, 6.07) is 0. The zero-order valence-electron chi connectivity index (χ0n) is 9.77. The van der Waals surface area contributed by atoms with Crippen LogP contribution in [0.4, 0.5) is 11.6 Å². The van der Waals surface area contributed by atoms with Gasteiger partial charge in [-0.05, 0) is 5.92 Å². The van der Waals surface area contributed by atoms with E-state index < -0.39 is 5.91 Å². The molecule has 0 saturated carbocycles. The number of hydrogen-bond donors (Lipinski definition) is 2. The quantitative estimate of drug-likeness (QED) is 0.754. The maximum absolute atomic E-state index is 10.9. The highest BCUT2D eigenvalue weighted by molar-refractivity contribution is 5.79. The number of nitrogens with two attached hydrogens (primary N) is 2. The van der Waals surface area contributed by atoms with Gasteiger partial charge in [0.2, 0.25) is 5.91 Å². The lowest BCUT2D eigenvalue weighted by Crippen LogP contribution is -2.32. The molecule has 1 aromatic rings. The van der Waals surface area contributed by atoms with Crippen LogP contribution in [-0.4, -0.2) is 29.5 Å². The zero-order valence-corrected chi connectivity index (χ0v) is 9.77. The normalized spacial score (nSPS) is 10.5. The summed E-state index contributed by atoms with van der Waals surface area (Å²) in [5, 5.41) is 0. The number of primary amides is 1. The predicted octanol–water partition coefficient (Wildman–Crippen LogP) is 0.104. The van der Waals surface area contributed by atoms with E-state index in [-0.39, 0.29) is 12.5 Å². The predicted molar refractivity (Wildman–Crippen MR) is 63.0 cm³/mol. The average molecular weight is 223 g/mol. The van der Waals surface area contributed by atoms with Crippen molar-refractivity contribution in [1.29, 1.82) is 0 Å². The van der Waals surface area contributed by atoms with Crippen molar-refractivity contribution in [2.75, 3.05) is 24.2 Å². The standard InChI is InChI=1S/C10H17N5O/c1-6(2)8-9(12)13-5-14-10(8)15(3)4-7(11)16/h5-6H,4H2,1-3H3,(H2,11,16)(H2,12,13,14). The summed E-state index contributed by atoms with van der Waals surface area (Å²) in [6.45, 7) is 4.10. The minimum absolute atomic E-state index is 0.107. The Labute approximate surface area is 94.7 Å². The molecule has 1 amide bonds. The number of nitrogens with zero attached hydrogens (tertiary/aromatic N) is 3. The Kier molecular flexibility index (Phi) is 3.65. The van der Waals surface area contributed by atoms with Gasteiger partial charge >= 0.3 is 0 Å². The maximum atomic E-state index is 10.9. The minimum Gasteiger partial charge on any atom is -0.383 e. The van der Waals surface area contributed by atoms with Crippen molar-refractivity contribution in [3.63, 3.8) is 0 Å². The molecule has 6 nitrogen and oxygen atoms in total. The second-order valence-corrected chi connectivity index (χ2v) is 3.97. The monoisotopic (exact) mass is 223 g/mol. The molecule has 1 heterocycles. The number of rotatable bonds is 4. The van der Waals surface area contributed by atoms with E-state index in [0.717, 1.165) is 5.56 Å². The van der Waals surface area contributed by atoms with Crippen molar-refractivity contribution in [3.05, 3.63) is 11.9 Å². The summed E-state index contributed by atoms with van der Waals surface area (Å²) in [5.41, 5.74) is 11.8. The van der Waals surface area contributed by atoms with Gasteiger partial charge in [-0.3, -0.25) is 4.79 Å². The van der Waals surface area contributed by atoms with Gasteiger partial charge < -0.3 is 16.4 Å². The molecular formula is C10H17N5O. The molecule has 0 unspecified atom stereocenters. The van der Waals surface area contributed by atoms with Crippen LogP contribution in [0.15, 0.2) is 6.33 Å². The lowest BCUT2D eigenvalue weighted by molar-refractivity contribution is -0.116. The van der Waals surface area contributed by atoms with Gasteiger partial charge in [-0.15, -0.1) is 0 Å². The number of amides is 1. The van der Waals surface area contributed by atoms with Gasteiger partial charge in [0.05, 0.1) is 6.54 Å². The van der Waals surface area contributed by atoms with E-state index in [9.17, 15) is 4.79 Å². The number of hydrogen-bond acceptors (Lipinski definition) is 5. The number of nitrogen functional groups attached to an aromatic ring is 1. The third-order valence-electron chi connectivity index (χ3n) is 2.23. The van der Waals surface area contributed by atoms with Gasteiger partial charge in [0.25, 0.3) is 0 Å². The molecule has 1 aromatic heterocycles. The van der Waals surface area contributed by atoms with Gasteiger partial charge in [0.1, 0.15) is 18.0 Å². The fourth-order valence-electron chi connectivity index (χ4n) is 1.57. The summed E-state index contributed by atoms with van der Waals surface area (Å²) in [5.74, 6) is 0.874. The van der Waals surface area contributed by atoms with Crippen molar-refractivity contribution in [2.24, 2.45) is 5.73 Å². The Hall–Kier alpha value is -1.85. The molecule has 0 saturated heterocycles. The highest BCUT2D eigenvalue weighted by Crippen LogP contribution is 2.28. The highest BCUT2D eigenvalue weighted by atomic mass is 16.1. The fourth-order valence-corrected chi connectivity index (χ4v) is 1.57. The largest absolute Gasteiger partial charge is 0.383 e. The fraction of sp³-hybridized carbons (Fsp3) is 0.500. The first-order chi connectivity index (χ1) is 7.43. The Morgan fingerprint density at radius 1 is 1.50 bits per heavy atom. The van der Waals surface area contributed by atoms with E-state index in [1.165, 1.54) is 6.33 Å². The second-order valence-electron chi connectivity index (χ2n) is 3.97. The van der Waals surface area contributed by atoms with Crippen LogP contribution in [0, 0.1) is 0 Å². The first-order valence-corrected chi connectivity index (χ1v) is 5.03. The lowest BCUT2D eigenvalue weighted by atomic mass is 10.0. The van der Waals surface area contributed by atoms with Crippen LogP contribution in [0.3, 0.4) is 0 Å². The average Bonchev–Trinajstić information content (AvgIpc) is 2.15. The molecule has 0 radical (unpaired) electrons. The Balaban J connectivity index is 3.12. The first-order valence-electron chi connectivity index (χ1n) is 5.03. The summed E-state index contributed by atoms with van der Waals surface area (Å²) in [7, 11) is 1.75. The van der Waals surface area contributed by atoms with Crippen molar-refractivity contribution < 1.29 is 4.79 Å². The van der Waals surface area contributed by atoms with E-state index in [4.69, 9.17) is 11.5 Å². The van der Waals surface area contributed by atoms with Crippen LogP contribution in [0.5, 0.6) is 0 Å². The molecule has 0 aliphatic rings. The van der Waals surface area contributed by atoms with E-state index in [1.54, 1.807) is 11.9 Å². The van der Waals surface area contributed by atoms with Gasteiger partial charge in [-0.25, -0.2) is 9.97 Å². The molecular weight excluding hydrogens is 206 g/mol. The van der Waals surface area contributed by atoms with Crippen LogP contribution < -0.4 is 16.4 Å². The molecule has 0 bridgehead atoms. The van der Waals surface area contributed by atoms with E-state index >= 15 is 0 Å². The number of carbonyl (C=O) groups is 1. The van der Waals surface area contributed by atoms with Crippen molar-refractivity contribution in [3.8, 4) is 0 Å². The molecule has 0 aromatic carbocycles. The molecule has 16 heavy (non-hydrogen) atoms. The molecule has 0 atom stereocenters. The van der Waals surface area contributed by atoms with Crippen molar-refractivity contribution in [2.45, 2.75) is 19.8 Å². The molecule has 0 fully saturated rings. The zero-order chi connectivity index (χ0) is 12.3. The maximum Gasteiger partial charge on any atom is 0.236 e. The molecule has 0 aliphatic heterocycles. The Morgan fingerprint density at radius 3 is 2.62 bits per heavy atom. The Morgan fingerprint density at radius 2 is 2.12 bits per heavy atom. The van der Waals surface area contributed by atoms with E-state index in [2.05, 4.69) is 9.97 Å². The van der Waals surface area contributed by atoms with E-state index in [1.807, 2.05) is 13.8 Å². The smallest absolute Gasteiger partial charge is 0.236 e. The van der Waals surface area contributed by atoms with E-state index in [0.29, 0.717) is 11.6 Å². The van der Waals surface area contributed by atoms with Crippen molar-refractivity contribution in [1.82, 2.24) is 9.97 Å². The SMILES string of the molecule is CC(C)c1c(N)ncnc1N(C)CC(N)=O. The number of likely N-dealkylation sites (N-methyl/N-ethyl adjacent to an activating group) is 1. The summed E-state index contributed by atoms with van der Waals surface area (Å²) >= 11 is 0. The summed E-state index contributed by atoms with van der Waals surface area (Å²) < 4.78 is 0. The molecule has 88 valence electrons. The van der Waals surface area contributed by atoms with Crippen LogP contribution in [0.1, 0.15) is 25.3 Å². The lowest BCUT2D eigenvalue weighted by Gasteiger charge is -2.21. The third kappa shape index (κ3) is 2.59. The van der Waals surface area contributed by atoms with Gasteiger partial charge in [-0.2, -0.15) is 0 Å². The van der Waals surface area contributed by atoms with Crippen LogP contribution in [0.25, 0.3) is 0 Å². The van der Waals surface area contributed by atoms with Gasteiger partial charge in [0.15, 0.2) is 0 Å². The van der Waals surface area contributed by atoms with Crippen LogP contribution >= 0.6 is 0 Å². The number of carbonyl (C=O) groups excluding carboxylic acids is 1. The van der Waals surface area contributed by atoms with Crippen LogP contribution in [0.2, 0.25) is 0 Å². The summed E-state index contributed by atoms with van der Waals surface area (Å²) in [6.07, 6.45) is 1.38. The van der Waals surface area contributed by atoms with Crippen LogP contribution in [-0.2, 0) is 4.79 Å². The molecule has 0 spiro atoms. The minimum atomic E-state index is -0.408. The molecule has 6 heteroatoms. The topological polar surface area (TPSA) is 98.1 Å².